The fraction of sp³-hybridized carbons (Fsp3) is 0.250. The lowest BCUT2D eigenvalue weighted by Crippen LogP contribution is -1.98. The van der Waals surface area contributed by atoms with Gasteiger partial charge in [-0.25, -0.2) is 4.39 Å². The van der Waals surface area contributed by atoms with Crippen molar-refractivity contribution < 1.29 is 14.3 Å². The molecule has 0 radical (unpaired) electrons. The Hall–Kier alpha value is -1.84. The Labute approximate surface area is 91.9 Å². The lowest BCUT2D eigenvalue weighted by atomic mass is 10.1. The van der Waals surface area contributed by atoms with Crippen LogP contribution in [0.5, 0.6) is 0 Å². The standard InChI is InChI=1S/C12H12FNO2/c1-7-8(5-6-11(15)16)12-9(13)3-2-4-10(12)14-7/h2-4,14H,5-6H2,1H3,(H,15,16). The molecule has 1 aromatic carbocycles. The van der Waals surface area contributed by atoms with Gasteiger partial charge in [0.25, 0.3) is 0 Å². The average Bonchev–Trinajstić information content (AvgIpc) is 2.52. The van der Waals surface area contributed by atoms with E-state index in [9.17, 15) is 9.18 Å². The average molecular weight is 221 g/mol. The Balaban J connectivity index is 2.50. The van der Waals surface area contributed by atoms with Crippen molar-refractivity contribution in [2.45, 2.75) is 19.8 Å². The topological polar surface area (TPSA) is 53.1 Å². The highest BCUT2D eigenvalue weighted by atomic mass is 19.1. The highest BCUT2D eigenvalue weighted by Gasteiger charge is 2.12. The number of halogens is 1. The van der Waals surface area contributed by atoms with E-state index in [0.717, 1.165) is 16.8 Å². The molecule has 0 saturated heterocycles. The van der Waals surface area contributed by atoms with E-state index in [-0.39, 0.29) is 12.2 Å². The number of H-pyrrole nitrogens is 1. The lowest BCUT2D eigenvalue weighted by molar-refractivity contribution is -0.136. The molecule has 84 valence electrons. The van der Waals surface area contributed by atoms with E-state index in [1.807, 2.05) is 6.92 Å². The van der Waals surface area contributed by atoms with Crippen molar-refractivity contribution >= 4 is 16.9 Å². The van der Waals surface area contributed by atoms with Gasteiger partial charge in [0.05, 0.1) is 0 Å². The van der Waals surface area contributed by atoms with Gasteiger partial charge >= 0.3 is 5.97 Å². The molecule has 0 atom stereocenters. The van der Waals surface area contributed by atoms with Crippen LogP contribution >= 0.6 is 0 Å². The molecule has 2 N–H and O–H groups in total. The highest BCUT2D eigenvalue weighted by molar-refractivity contribution is 5.85. The van der Waals surface area contributed by atoms with Crippen molar-refractivity contribution in [1.82, 2.24) is 4.98 Å². The van der Waals surface area contributed by atoms with E-state index < -0.39 is 5.97 Å². The van der Waals surface area contributed by atoms with E-state index in [0.29, 0.717) is 11.8 Å². The summed E-state index contributed by atoms with van der Waals surface area (Å²) in [5, 5.41) is 9.16. The van der Waals surface area contributed by atoms with Crippen molar-refractivity contribution in [3.05, 3.63) is 35.3 Å². The van der Waals surface area contributed by atoms with Gasteiger partial charge in [0.1, 0.15) is 5.82 Å². The molecular formula is C12H12FNO2. The molecule has 0 saturated carbocycles. The van der Waals surface area contributed by atoms with Crippen molar-refractivity contribution in [2.24, 2.45) is 0 Å². The summed E-state index contributed by atoms with van der Waals surface area (Å²) in [5.41, 5.74) is 2.31. The minimum atomic E-state index is -0.870. The van der Waals surface area contributed by atoms with Crippen LogP contribution < -0.4 is 0 Å². The maximum absolute atomic E-state index is 13.6. The van der Waals surface area contributed by atoms with E-state index in [4.69, 9.17) is 5.11 Å². The number of aryl methyl sites for hydroxylation is 2. The molecule has 0 aliphatic rings. The molecule has 1 aromatic heterocycles. The number of hydrogen-bond donors (Lipinski definition) is 2. The zero-order valence-electron chi connectivity index (χ0n) is 8.88. The van der Waals surface area contributed by atoms with Gasteiger partial charge in [-0.15, -0.1) is 0 Å². The van der Waals surface area contributed by atoms with Crippen molar-refractivity contribution in [3.63, 3.8) is 0 Å². The predicted octanol–water partition coefficient (Wildman–Crippen LogP) is 2.63. The number of carbonyl (C=O) groups is 1. The van der Waals surface area contributed by atoms with Gasteiger partial charge in [-0.2, -0.15) is 0 Å². The van der Waals surface area contributed by atoms with Crippen LogP contribution in [0.4, 0.5) is 4.39 Å². The number of aromatic amines is 1. The molecule has 2 rings (SSSR count). The Morgan fingerprint density at radius 2 is 2.25 bits per heavy atom. The molecule has 0 fully saturated rings. The number of carboxylic acids is 1. The largest absolute Gasteiger partial charge is 0.481 e. The maximum Gasteiger partial charge on any atom is 0.303 e. The normalized spacial score (nSPS) is 10.9. The monoisotopic (exact) mass is 221 g/mol. The van der Waals surface area contributed by atoms with Crippen LogP contribution in [0.25, 0.3) is 10.9 Å². The first-order valence-corrected chi connectivity index (χ1v) is 5.07. The summed E-state index contributed by atoms with van der Waals surface area (Å²) in [6.45, 7) is 1.83. The van der Waals surface area contributed by atoms with E-state index in [1.165, 1.54) is 6.07 Å². The smallest absolute Gasteiger partial charge is 0.303 e. The minimum Gasteiger partial charge on any atom is -0.481 e. The van der Waals surface area contributed by atoms with Gasteiger partial charge < -0.3 is 10.1 Å². The number of aromatic nitrogens is 1. The second-order valence-corrected chi connectivity index (χ2v) is 3.78. The second-order valence-electron chi connectivity index (χ2n) is 3.78. The third kappa shape index (κ3) is 1.78. The quantitative estimate of drug-likeness (QED) is 0.837. The van der Waals surface area contributed by atoms with Gasteiger partial charge in [-0.05, 0) is 31.0 Å². The van der Waals surface area contributed by atoms with Crippen LogP contribution in [0.2, 0.25) is 0 Å². The van der Waals surface area contributed by atoms with Crippen molar-refractivity contribution in [1.29, 1.82) is 0 Å². The van der Waals surface area contributed by atoms with Gasteiger partial charge in [0.15, 0.2) is 0 Å². The summed E-state index contributed by atoms with van der Waals surface area (Å²) in [6, 6.07) is 4.81. The van der Waals surface area contributed by atoms with Crippen LogP contribution in [0.1, 0.15) is 17.7 Å². The van der Waals surface area contributed by atoms with E-state index in [1.54, 1.807) is 12.1 Å². The molecule has 0 aliphatic carbocycles. The van der Waals surface area contributed by atoms with Crippen molar-refractivity contribution in [2.75, 3.05) is 0 Å². The summed E-state index contributed by atoms with van der Waals surface area (Å²) < 4.78 is 13.6. The number of aliphatic carboxylic acids is 1. The van der Waals surface area contributed by atoms with Crippen LogP contribution in [0.3, 0.4) is 0 Å². The lowest BCUT2D eigenvalue weighted by Gasteiger charge is -1.99. The van der Waals surface area contributed by atoms with Gasteiger partial charge in [-0.1, -0.05) is 6.07 Å². The minimum absolute atomic E-state index is 0.0160. The molecule has 2 aromatic rings. The number of benzene rings is 1. The SMILES string of the molecule is Cc1[nH]c2cccc(F)c2c1CCC(=O)O. The Bertz CT molecular complexity index is 545. The summed E-state index contributed by atoms with van der Waals surface area (Å²) in [4.78, 5) is 13.6. The molecule has 0 bridgehead atoms. The Morgan fingerprint density at radius 3 is 2.94 bits per heavy atom. The Morgan fingerprint density at radius 1 is 1.50 bits per heavy atom. The molecule has 1 heterocycles. The molecule has 0 amide bonds. The molecule has 0 spiro atoms. The van der Waals surface area contributed by atoms with Gasteiger partial charge in [0, 0.05) is 23.0 Å². The van der Waals surface area contributed by atoms with Crippen molar-refractivity contribution in [3.8, 4) is 0 Å². The first kappa shape index (κ1) is 10.7. The van der Waals surface area contributed by atoms with Gasteiger partial charge in [0.2, 0.25) is 0 Å². The molecule has 4 heteroatoms. The third-order valence-electron chi connectivity index (χ3n) is 2.68. The number of carboxylic acid groups (broad SMARTS) is 1. The van der Waals surface area contributed by atoms with E-state index >= 15 is 0 Å². The molecule has 3 nitrogen and oxygen atoms in total. The molecule has 16 heavy (non-hydrogen) atoms. The van der Waals surface area contributed by atoms with E-state index in [2.05, 4.69) is 4.98 Å². The number of fused-ring (bicyclic) bond motifs is 1. The number of rotatable bonds is 3. The van der Waals surface area contributed by atoms with Crippen LogP contribution in [0.15, 0.2) is 18.2 Å². The first-order valence-electron chi connectivity index (χ1n) is 5.07. The molecule has 0 aliphatic heterocycles. The third-order valence-corrected chi connectivity index (χ3v) is 2.68. The second kappa shape index (κ2) is 3.96. The van der Waals surface area contributed by atoms with Gasteiger partial charge in [-0.3, -0.25) is 4.79 Å². The van der Waals surface area contributed by atoms with Crippen LogP contribution in [0, 0.1) is 12.7 Å². The fourth-order valence-electron chi connectivity index (χ4n) is 1.94. The summed E-state index contributed by atoms with van der Waals surface area (Å²) in [6.07, 6.45) is 0.365. The van der Waals surface area contributed by atoms with Crippen LogP contribution in [-0.2, 0) is 11.2 Å². The fourth-order valence-corrected chi connectivity index (χ4v) is 1.94. The predicted molar refractivity (Wildman–Crippen MR) is 59.0 cm³/mol. The summed E-state index contributed by atoms with van der Waals surface area (Å²) >= 11 is 0. The summed E-state index contributed by atoms with van der Waals surface area (Å²) in [7, 11) is 0. The zero-order chi connectivity index (χ0) is 11.7. The zero-order valence-corrected chi connectivity index (χ0v) is 8.88. The number of hydrogen-bond acceptors (Lipinski definition) is 1. The first-order chi connectivity index (χ1) is 7.59. The van der Waals surface area contributed by atoms with Crippen LogP contribution in [-0.4, -0.2) is 16.1 Å². The molecular weight excluding hydrogens is 209 g/mol. The number of nitrogens with one attached hydrogen (secondary N) is 1. The molecule has 0 unspecified atom stereocenters. The Kier molecular flexibility index (Phi) is 2.64. The highest BCUT2D eigenvalue weighted by Crippen LogP contribution is 2.25. The maximum atomic E-state index is 13.6. The summed E-state index contributed by atoms with van der Waals surface area (Å²) in [5.74, 6) is -1.17.